The van der Waals surface area contributed by atoms with Gasteiger partial charge in [-0.05, 0) is 49.4 Å². The summed E-state index contributed by atoms with van der Waals surface area (Å²) in [6.07, 6.45) is 6.66. The van der Waals surface area contributed by atoms with Gasteiger partial charge in [0.15, 0.2) is 0 Å². The summed E-state index contributed by atoms with van der Waals surface area (Å²) >= 11 is 0. The molecule has 1 aliphatic carbocycles. The Morgan fingerprint density at radius 2 is 1.76 bits per heavy atom. The lowest BCUT2D eigenvalue weighted by Crippen LogP contribution is -2.32. The molecule has 0 aromatic heterocycles. The van der Waals surface area contributed by atoms with E-state index < -0.39 is 5.97 Å². The van der Waals surface area contributed by atoms with Crippen LogP contribution >= 0.6 is 0 Å². The van der Waals surface area contributed by atoms with Gasteiger partial charge in [-0.2, -0.15) is 0 Å². The van der Waals surface area contributed by atoms with Gasteiger partial charge < -0.3 is 5.11 Å². The maximum absolute atomic E-state index is 11.2. The third-order valence-corrected chi connectivity index (χ3v) is 5.11. The summed E-state index contributed by atoms with van der Waals surface area (Å²) in [5.41, 5.74) is 0.426. The van der Waals surface area contributed by atoms with E-state index in [4.69, 9.17) is 0 Å². The highest BCUT2D eigenvalue weighted by atomic mass is 16.4. The molecule has 1 N–H and O–H groups in total. The second-order valence-corrected chi connectivity index (χ2v) is 6.31. The van der Waals surface area contributed by atoms with Gasteiger partial charge in [0, 0.05) is 0 Å². The summed E-state index contributed by atoms with van der Waals surface area (Å²) in [7, 11) is 0. The fourth-order valence-electron chi connectivity index (χ4n) is 3.30. The van der Waals surface area contributed by atoms with Crippen molar-refractivity contribution in [2.45, 2.75) is 66.2 Å². The van der Waals surface area contributed by atoms with Crippen LogP contribution in [0, 0.1) is 23.2 Å². The predicted octanol–water partition coefficient (Wildman–Crippen LogP) is 4.34. The first-order valence-corrected chi connectivity index (χ1v) is 7.15. The van der Waals surface area contributed by atoms with Crippen molar-refractivity contribution in [3.8, 4) is 0 Å². The average molecular weight is 240 g/mol. The van der Waals surface area contributed by atoms with E-state index in [-0.39, 0.29) is 5.92 Å². The van der Waals surface area contributed by atoms with Crippen molar-refractivity contribution < 1.29 is 9.90 Å². The summed E-state index contributed by atoms with van der Waals surface area (Å²) < 4.78 is 0. The molecule has 0 spiro atoms. The van der Waals surface area contributed by atoms with Crippen molar-refractivity contribution in [3.63, 3.8) is 0 Å². The molecule has 0 aromatic carbocycles. The molecule has 100 valence electrons. The molecule has 17 heavy (non-hydrogen) atoms. The lowest BCUT2D eigenvalue weighted by atomic mass is 9.65. The van der Waals surface area contributed by atoms with Crippen molar-refractivity contribution in [2.24, 2.45) is 23.2 Å². The highest BCUT2D eigenvalue weighted by molar-refractivity contribution is 5.70. The largest absolute Gasteiger partial charge is 0.481 e. The van der Waals surface area contributed by atoms with Crippen LogP contribution in [0.4, 0.5) is 0 Å². The van der Waals surface area contributed by atoms with E-state index in [0.29, 0.717) is 11.3 Å². The first kappa shape index (κ1) is 14.5. The molecule has 2 heteroatoms. The number of hydrogen-bond acceptors (Lipinski definition) is 1. The molecule has 0 aromatic rings. The van der Waals surface area contributed by atoms with Crippen LogP contribution in [-0.2, 0) is 4.79 Å². The molecule has 0 radical (unpaired) electrons. The highest BCUT2D eigenvalue weighted by Gasteiger charge is 2.35. The van der Waals surface area contributed by atoms with Crippen LogP contribution in [0.15, 0.2) is 0 Å². The number of carbonyl (C=O) groups is 1. The maximum atomic E-state index is 11.2. The second kappa shape index (κ2) is 5.88. The van der Waals surface area contributed by atoms with E-state index in [0.717, 1.165) is 25.2 Å². The van der Waals surface area contributed by atoms with E-state index in [1.807, 2.05) is 6.92 Å². The van der Waals surface area contributed by atoms with E-state index in [1.165, 1.54) is 19.3 Å². The summed E-state index contributed by atoms with van der Waals surface area (Å²) in [5, 5.41) is 9.20. The minimum atomic E-state index is -0.592. The second-order valence-electron chi connectivity index (χ2n) is 6.31. The summed E-state index contributed by atoms with van der Waals surface area (Å²) in [6.45, 7) is 8.97. The smallest absolute Gasteiger partial charge is 0.306 e. The van der Waals surface area contributed by atoms with Gasteiger partial charge in [-0.15, -0.1) is 0 Å². The van der Waals surface area contributed by atoms with E-state index >= 15 is 0 Å². The van der Waals surface area contributed by atoms with E-state index in [1.54, 1.807) is 0 Å². The van der Waals surface area contributed by atoms with Crippen LogP contribution in [0.1, 0.15) is 66.2 Å². The quantitative estimate of drug-likeness (QED) is 0.776. The van der Waals surface area contributed by atoms with Gasteiger partial charge >= 0.3 is 5.97 Å². The van der Waals surface area contributed by atoms with Crippen LogP contribution in [0.3, 0.4) is 0 Å². The van der Waals surface area contributed by atoms with Crippen molar-refractivity contribution in [1.82, 2.24) is 0 Å². The number of carboxylic acid groups (broad SMARTS) is 1. The molecule has 0 saturated heterocycles. The summed E-state index contributed by atoms with van der Waals surface area (Å²) in [4.78, 5) is 11.2. The molecule has 1 saturated carbocycles. The van der Waals surface area contributed by atoms with Gasteiger partial charge in [0.2, 0.25) is 0 Å². The molecule has 1 rings (SSSR count). The van der Waals surface area contributed by atoms with Crippen molar-refractivity contribution in [3.05, 3.63) is 0 Å². The number of rotatable bonds is 5. The zero-order valence-electron chi connectivity index (χ0n) is 11.8. The standard InChI is InChI=1S/C15H28O2/c1-5-13(14(16)17)11-7-9-12(10-8-11)15(3,4)6-2/h11-13H,5-10H2,1-4H3,(H,16,17). The number of hydrogen-bond donors (Lipinski definition) is 1. The molecule has 1 aliphatic rings. The predicted molar refractivity (Wildman–Crippen MR) is 70.9 cm³/mol. The molecule has 1 atom stereocenters. The lowest BCUT2D eigenvalue weighted by molar-refractivity contribution is -0.144. The van der Waals surface area contributed by atoms with Crippen LogP contribution in [0.25, 0.3) is 0 Å². The van der Waals surface area contributed by atoms with Crippen LogP contribution in [0.2, 0.25) is 0 Å². The van der Waals surface area contributed by atoms with Crippen molar-refractivity contribution >= 4 is 5.97 Å². The third kappa shape index (κ3) is 3.46. The van der Waals surface area contributed by atoms with Gasteiger partial charge in [0.25, 0.3) is 0 Å². The molecule has 0 aliphatic heterocycles. The molecule has 0 amide bonds. The summed E-state index contributed by atoms with van der Waals surface area (Å²) in [5.74, 6) is 0.503. The van der Waals surface area contributed by atoms with Crippen molar-refractivity contribution in [2.75, 3.05) is 0 Å². The Morgan fingerprint density at radius 1 is 1.24 bits per heavy atom. The van der Waals surface area contributed by atoms with E-state index in [9.17, 15) is 9.90 Å². The number of carboxylic acids is 1. The van der Waals surface area contributed by atoms with Crippen LogP contribution < -0.4 is 0 Å². The average Bonchev–Trinajstić information content (AvgIpc) is 2.30. The Morgan fingerprint density at radius 3 is 2.12 bits per heavy atom. The Kier molecular flexibility index (Phi) is 5.03. The number of aliphatic carboxylic acids is 1. The molecular weight excluding hydrogens is 212 g/mol. The SMILES string of the molecule is CCC(C(=O)O)C1CCC(C(C)(C)CC)CC1. The molecular formula is C15H28O2. The molecule has 0 bridgehead atoms. The van der Waals surface area contributed by atoms with E-state index in [2.05, 4.69) is 20.8 Å². The first-order chi connectivity index (χ1) is 7.92. The Hall–Kier alpha value is -0.530. The van der Waals surface area contributed by atoms with Gasteiger partial charge in [-0.1, -0.05) is 34.1 Å². The van der Waals surface area contributed by atoms with Crippen molar-refractivity contribution in [1.29, 1.82) is 0 Å². The monoisotopic (exact) mass is 240 g/mol. The normalized spacial score (nSPS) is 27.8. The molecule has 0 heterocycles. The van der Waals surface area contributed by atoms with Crippen LogP contribution in [-0.4, -0.2) is 11.1 Å². The minimum Gasteiger partial charge on any atom is -0.481 e. The zero-order valence-corrected chi connectivity index (χ0v) is 11.8. The van der Waals surface area contributed by atoms with Gasteiger partial charge in [-0.3, -0.25) is 4.79 Å². The maximum Gasteiger partial charge on any atom is 0.306 e. The highest BCUT2D eigenvalue weighted by Crippen LogP contribution is 2.44. The van der Waals surface area contributed by atoms with Gasteiger partial charge in [-0.25, -0.2) is 0 Å². The Bertz CT molecular complexity index is 250. The fraction of sp³-hybridized carbons (Fsp3) is 0.933. The summed E-state index contributed by atoms with van der Waals surface area (Å²) in [6, 6.07) is 0. The first-order valence-electron chi connectivity index (χ1n) is 7.15. The van der Waals surface area contributed by atoms with Crippen LogP contribution in [0.5, 0.6) is 0 Å². The van der Waals surface area contributed by atoms with Gasteiger partial charge in [0.1, 0.15) is 0 Å². The molecule has 1 unspecified atom stereocenters. The molecule has 2 nitrogen and oxygen atoms in total. The molecule has 1 fully saturated rings. The Balaban J connectivity index is 2.53. The lowest BCUT2D eigenvalue weighted by Gasteiger charge is -2.40. The minimum absolute atomic E-state index is 0.110. The zero-order chi connectivity index (χ0) is 13.1. The fourth-order valence-corrected chi connectivity index (χ4v) is 3.30. The Labute approximate surface area is 106 Å². The topological polar surface area (TPSA) is 37.3 Å². The van der Waals surface area contributed by atoms with Gasteiger partial charge in [0.05, 0.1) is 5.92 Å². The third-order valence-electron chi connectivity index (χ3n) is 5.11.